The minimum Gasteiger partial charge on any atom is -0.484 e. The summed E-state index contributed by atoms with van der Waals surface area (Å²) in [4.78, 5) is 25.2. The molecule has 2 aromatic carbocycles. The molecule has 7 heteroatoms. The van der Waals surface area contributed by atoms with Gasteiger partial charge >= 0.3 is 0 Å². The van der Waals surface area contributed by atoms with Crippen LogP contribution in [0.4, 0.5) is 4.39 Å². The summed E-state index contributed by atoms with van der Waals surface area (Å²) in [5.74, 6) is -0.0827. The normalized spacial score (nSPS) is 10.3. The average Bonchev–Trinajstić information content (AvgIpc) is 2.65. The molecule has 0 atom stereocenters. The number of hydrogen-bond donors (Lipinski definition) is 1. The van der Waals surface area contributed by atoms with Gasteiger partial charge in [0.25, 0.3) is 5.91 Å². The van der Waals surface area contributed by atoms with Gasteiger partial charge in [0.2, 0.25) is 5.91 Å². The molecule has 27 heavy (non-hydrogen) atoms. The van der Waals surface area contributed by atoms with Crippen LogP contribution >= 0.6 is 11.6 Å². The van der Waals surface area contributed by atoms with E-state index < -0.39 is 0 Å². The molecule has 0 aromatic heterocycles. The number of carbonyl (C=O) groups excluding carboxylic acids is 2. The van der Waals surface area contributed by atoms with E-state index in [1.165, 1.54) is 19.1 Å². The van der Waals surface area contributed by atoms with Crippen molar-refractivity contribution in [3.8, 4) is 5.75 Å². The van der Waals surface area contributed by atoms with Crippen LogP contribution < -0.4 is 10.1 Å². The summed E-state index contributed by atoms with van der Waals surface area (Å²) in [6, 6.07) is 12.9. The van der Waals surface area contributed by atoms with Crippen LogP contribution in [0.3, 0.4) is 0 Å². The number of ether oxygens (including phenoxy) is 1. The lowest BCUT2D eigenvalue weighted by Crippen LogP contribution is -2.39. The van der Waals surface area contributed by atoms with Gasteiger partial charge in [-0.1, -0.05) is 23.7 Å². The molecule has 0 aliphatic heterocycles. The minimum atomic E-state index is -0.286. The van der Waals surface area contributed by atoms with Crippen molar-refractivity contribution in [1.29, 1.82) is 0 Å². The molecule has 0 aliphatic carbocycles. The first-order valence-corrected chi connectivity index (χ1v) is 8.97. The summed E-state index contributed by atoms with van der Waals surface area (Å²) in [6.45, 7) is 2.58. The molecule has 2 rings (SSSR count). The van der Waals surface area contributed by atoms with E-state index >= 15 is 0 Å². The SMILES string of the molecule is CC(=O)N(CCNC(=O)COc1ccc(Cl)cc1)CCc1ccc(F)cc1. The lowest BCUT2D eigenvalue weighted by Gasteiger charge is -2.21. The second kappa shape index (κ2) is 10.5. The zero-order valence-electron chi connectivity index (χ0n) is 15.1. The Morgan fingerprint density at radius 2 is 1.74 bits per heavy atom. The number of nitrogens with zero attached hydrogens (tertiary/aromatic N) is 1. The van der Waals surface area contributed by atoms with Gasteiger partial charge in [0.1, 0.15) is 11.6 Å². The van der Waals surface area contributed by atoms with Gasteiger partial charge in [0.05, 0.1) is 0 Å². The first-order chi connectivity index (χ1) is 12.9. The van der Waals surface area contributed by atoms with E-state index in [0.717, 1.165) is 5.56 Å². The van der Waals surface area contributed by atoms with Gasteiger partial charge in [-0.15, -0.1) is 0 Å². The van der Waals surface area contributed by atoms with Crippen LogP contribution in [0.5, 0.6) is 5.75 Å². The highest BCUT2D eigenvalue weighted by molar-refractivity contribution is 6.30. The van der Waals surface area contributed by atoms with Crippen molar-refractivity contribution in [2.24, 2.45) is 0 Å². The van der Waals surface area contributed by atoms with Gasteiger partial charge in [-0.05, 0) is 48.4 Å². The molecule has 0 radical (unpaired) electrons. The molecule has 2 aromatic rings. The van der Waals surface area contributed by atoms with Crippen molar-refractivity contribution in [1.82, 2.24) is 10.2 Å². The highest BCUT2D eigenvalue weighted by Gasteiger charge is 2.10. The van der Waals surface area contributed by atoms with Crippen molar-refractivity contribution in [3.63, 3.8) is 0 Å². The largest absolute Gasteiger partial charge is 0.484 e. The molecule has 0 aliphatic rings. The standard InChI is InChI=1S/C20H22ClFN2O3/c1-15(25)24(12-10-16-2-6-18(22)7-3-16)13-11-23-20(26)14-27-19-8-4-17(21)5-9-19/h2-9H,10-14H2,1H3,(H,23,26). The summed E-state index contributed by atoms with van der Waals surface area (Å²) >= 11 is 5.79. The third kappa shape index (κ3) is 7.66. The van der Waals surface area contributed by atoms with E-state index in [-0.39, 0.29) is 24.2 Å². The number of amides is 2. The lowest BCUT2D eigenvalue weighted by molar-refractivity contribution is -0.129. The van der Waals surface area contributed by atoms with Crippen molar-refractivity contribution in [2.75, 3.05) is 26.2 Å². The summed E-state index contributed by atoms with van der Waals surface area (Å²) in [5, 5.41) is 3.32. The highest BCUT2D eigenvalue weighted by atomic mass is 35.5. The maximum Gasteiger partial charge on any atom is 0.258 e. The number of halogens is 2. The molecule has 0 saturated heterocycles. The lowest BCUT2D eigenvalue weighted by atomic mass is 10.1. The van der Waals surface area contributed by atoms with Crippen molar-refractivity contribution in [2.45, 2.75) is 13.3 Å². The summed E-state index contributed by atoms with van der Waals surface area (Å²) in [7, 11) is 0. The Labute approximate surface area is 163 Å². The predicted octanol–water partition coefficient (Wildman–Crippen LogP) is 3.07. The molecular formula is C20H22ClFN2O3. The van der Waals surface area contributed by atoms with Crippen molar-refractivity contribution in [3.05, 3.63) is 64.9 Å². The topological polar surface area (TPSA) is 58.6 Å². The Morgan fingerprint density at radius 1 is 1.07 bits per heavy atom. The van der Waals surface area contributed by atoms with Crippen LogP contribution in [0.15, 0.2) is 48.5 Å². The molecule has 2 amide bonds. The van der Waals surface area contributed by atoms with Gasteiger partial charge in [-0.2, -0.15) is 0 Å². The second-order valence-electron chi connectivity index (χ2n) is 5.98. The smallest absolute Gasteiger partial charge is 0.258 e. The number of carbonyl (C=O) groups is 2. The van der Waals surface area contributed by atoms with E-state index in [1.807, 2.05) is 0 Å². The Hall–Kier alpha value is -2.60. The van der Waals surface area contributed by atoms with Gasteiger partial charge in [0.15, 0.2) is 6.61 Å². The molecule has 1 N–H and O–H groups in total. The second-order valence-corrected chi connectivity index (χ2v) is 6.41. The molecule has 0 fully saturated rings. The van der Waals surface area contributed by atoms with Crippen LogP contribution in [0.25, 0.3) is 0 Å². The maximum absolute atomic E-state index is 12.9. The van der Waals surface area contributed by atoms with E-state index in [4.69, 9.17) is 16.3 Å². The van der Waals surface area contributed by atoms with Crippen LogP contribution in [0, 0.1) is 5.82 Å². The summed E-state index contributed by atoms with van der Waals surface area (Å²) < 4.78 is 18.3. The highest BCUT2D eigenvalue weighted by Crippen LogP contribution is 2.15. The summed E-state index contributed by atoms with van der Waals surface area (Å²) in [6.07, 6.45) is 0.619. The van der Waals surface area contributed by atoms with E-state index in [0.29, 0.717) is 36.8 Å². The van der Waals surface area contributed by atoms with Crippen molar-refractivity contribution >= 4 is 23.4 Å². The minimum absolute atomic E-state index is 0.0798. The third-order valence-corrected chi connectivity index (χ3v) is 4.17. The van der Waals surface area contributed by atoms with E-state index in [1.54, 1.807) is 41.3 Å². The Bertz CT molecular complexity index is 751. The number of nitrogens with one attached hydrogen (secondary N) is 1. The monoisotopic (exact) mass is 392 g/mol. The van der Waals surface area contributed by atoms with E-state index in [9.17, 15) is 14.0 Å². The first kappa shape index (κ1) is 20.7. The third-order valence-electron chi connectivity index (χ3n) is 3.92. The molecule has 0 bridgehead atoms. The Balaban J connectivity index is 1.70. The zero-order chi connectivity index (χ0) is 19.6. The number of benzene rings is 2. The van der Waals surface area contributed by atoms with E-state index in [2.05, 4.69) is 5.32 Å². The van der Waals surface area contributed by atoms with Crippen LogP contribution in [0.2, 0.25) is 5.02 Å². The van der Waals surface area contributed by atoms with Crippen LogP contribution in [0.1, 0.15) is 12.5 Å². The average molecular weight is 393 g/mol. The molecular weight excluding hydrogens is 371 g/mol. The molecule has 0 spiro atoms. The molecule has 0 heterocycles. The molecule has 0 saturated carbocycles. The van der Waals surface area contributed by atoms with Crippen LogP contribution in [-0.2, 0) is 16.0 Å². The predicted molar refractivity (Wildman–Crippen MR) is 102 cm³/mol. The first-order valence-electron chi connectivity index (χ1n) is 8.59. The number of hydrogen-bond acceptors (Lipinski definition) is 3. The maximum atomic E-state index is 12.9. The van der Waals surface area contributed by atoms with Gasteiger partial charge < -0.3 is 15.0 Å². The zero-order valence-corrected chi connectivity index (χ0v) is 15.8. The quantitative estimate of drug-likeness (QED) is 0.713. The fraction of sp³-hybridized carbons (Fsp3) is 0.300. The number of rotatable bonds is 9. The molecule has 144 valence electrons. The summed E-state index contributed by atoms with van der Waals surface area (Å²) in [5.41, 5.74) is 0.947. The van der Waals surface area contributed by atoms with Crippen molar-refractivity contribution < 1.29 is 18.7 Å². The molecule has 5 nitrogen and oxygen atoms in total. The molecule has 0 unspecified atom stereocenters. The van der Waals surface area contributed by atoms with Gasteiger partial charge in [-0.25, -0.2) is 4.39 Å². The van der Waals surface area contributed by atoms with Crippen LogP contribution in [-0.4, -0.2) is 43.0 Å². The Morgan fingerprint density at radius 3 is 2.37 bits per heavy atom. The fourth-order valence-electron chi connectivity index (χ4n) is 2.40. The van der Waals surface area contributed by atoms with Gasteiger partial charge in [0, 0.05) is 31.6 Å². The fourth-order valence-corrected chi connectivity index (χ4v) is 2.53. The Kier molecular flexibility index (Phi) is 8.07. The van der Waals surface area contributed by atoms with Gasteiger partial charge in [-0.3, -0.25) is 9.59 Å².